The first-order valence-corrected chi connectivity index (χ1v) is 7.03. The summed E-state index contributed by atoms with van der Waals surface area (Å²) in [5, 5.41) is 3.43. The number of ether oxygens (including phenoxy) is 1. The molecule has 0 saturated carbocycles. The van der Waals surface area contributed by atoms with Crippen LogP contribution in [0.15, 0.2) is 12.4 Å². The minimum Gasteiger partial charge on any atom is -0.481 e. The largest absolute Gasteiger partial charge is 0.481 e. The third kappa shape index (κ3) is 2.87. The lowest BCUT2D eigenvalue weighted by atomic mass is 10.1. The first-order chi connectivity index (χ1) is 9.02. The fourth-order valence-electron chi connectivity index (χ4n) is 2.15. The second-order valence-corrected chi connectivity index (χ2v) is 6.05. The molecule has 0 bridgehead atoms. The van der Waals surface area contributed by atoms with Gasteiger partial charge in [0.2, 0.25) is 5.88 Å². The van der Waals surface area contributed by atoms with E-state index in [4.69, 9.17) is 4.74 Å². The molecule has 4 nitrogen and oxygen atoms in total. The first-order valence-electron chi connectivity index (χ1n) is 6.22. The SMILES string of the molecule is COc1ncnc(NC(C)c2cc(C)sc2C)c1C. The number of hydrogen-bond donors (Lipinski definition) is 1. The van der Waals surface area contributed by atoms with E-state index in [1.807, 2.05) is 18.3 Å². The summed E-state index contributed by atoms with van der Waals surface area (Å²) in [6, 6.07) is 2.44. The molecule has 1 atom stereocenters. The molecule has 0 amide bonds. The maximum absolute atomic E-state index is 5.21. The highest BCUT2D eigenvalue weighted by molar-refractivity contribution is 7.12. The van der Waals surface area contributed by atoms with Crippen LogP contribution in [0.1, 0.15) is 33.8 Å². The fourth-order valence-corrected chi connectivity index (χ4v) is 3.17. The Morgan fingerprint density at radius 1 is 1.26 bits per heavy atom. The summed E-state index contributed by atoms with van der Waals surface area (Å²) >= 11 is 1.82. The zero-order valence-electron chi connectivity index (χ0n) is 11.9. The van der Waals surface area contributed by atoms with E-state index in [2.05, 4.69) is 42.1 Å². The topological polar surface area (TPSA) is 47.0 Å². The number of hydrogen-bond acceptors (Lipinski definition) is 5. The maximum atomic E-state index is 5.21. The van der Waals surface area contributed by atoms with Crippen LogP contribution in [0.4, 0.5) is 5.82 Å². The van der Waals surface area contributed by atoms with Crippen LogP contribution in [0.3, 0.4) is 0 Å². The van der Waals surface area contributed by atoms with Crippen LogP contribution in [0.25, 0.3) is 0 Å². The van der Waals surface area contributed by atoms with Gasteiger partial charge in [0.05, 0.1) is 18.7 Å². The Morgan fingerprint density at radius 3 is 2.58 bits per heavy atom. The second kappa shape index (κ2) is 5.57. The molecule has 0 radical (unpaired) electrons. The lowest BCUT2D eigenvalue weighted by molar-refractivity contribution is 0.393. The van der Waals surface area contributed by atoms with Crippen molar-refractivity contribution in [3.63, 3.8) is 0 Å². The van der Waals surface area contributed by atoms with Crippen LogP contribution in [0.2, 0.25) is 0 Å². The minimum absolute atomic E-state index is 0.211. The van der Waals surface area contributed by atoms with E-state index in [0.717, 1.165) is 11.4 Å². The Morgan fingerprint density at radius 2 is 2.00 bits per heavy atom. The van der Waals surface area contributed by atoms with Crippen molar-refractivity contribution in [1.29, 1.82) is 0 Å². The van der Waals surface area contributed by atoms with Crippen molar-refractivity contribution in [2.75, 3.05) is 12.4 Å². The second-order valence-electron chi connectivity index (χ2n) is 4.59. The van der Waals surface area contributed by atoms with E-state index in [9.17, 15) is 0 Å². The number of aromatic nitrogens is 2. The highest BCUT2D eigenvalue weighted by Gasteiger charge is 2.14. The highest BCUT2D eigenvalue weighted by Crippen LogP contribution is 2.29. The quantitative estimate of drug-likeness (QED) is 0.926. The van der Waals surface area contributed by atoms with Crippen molar-refractivity contribution in [1.82, 2.24) is 9.97 Å². The number of nitrogens with zero attached hydrogens (tertiary/aromatic N) is 2. The monoisotopic (exact) mass is 277 g/mol. The zero-order chi connectivity index (χ0) is 14.0. The predicted octanol–water partition coefficient (Wildman–Crippen LogP) is 3.65. The summed E-state index contributed by atoms with van der Waals surface area (Å²) in [6.07, 6.45) is 1.52. The summed E-state index contributed by atoms with van der Waals surface area (Å²) in [4.78, 5) is 11.1. The standard InChI is InChI=1S/C14H19N3OS/c1-8-6-12(11(4)19-8)10(3)17-13-9(2)14(18-5)16-7-15-13/h6-7,10H,1-5H3,(H,15,16,17). The highest BCUT2D eigenvalue weighted by atomic mass is 32.1. The third-order valence-electron chi connectivity index (χ3n) is 3.13. The Labute approximate surface area is 117 Å². The van der Waals surface area contributed by atoms with Crippen LogP contribution < -0.4 is 10.1 Å². The number of methoxy groups -OCH3 is 1. The molecule has 0 aliphatic carbocycles. The van der Waals surface area contributed by atoms with E-state index in [-0.39, 0.29) is 6.04 Å². The van der Waals surface area contributed by atoms with E-state index in [1.54, 1.807) is 7.11 Å². The zero-order valence-corrected chi connectivity index (χ0v) is 12.8. The average Bonchev–Trinajstić information content (AvgIpc) is 2.71. The molecule has 2 aromatic heterocycles. The van der Waals surface area contributed by atoms with Crippen LogP contribution in [-0.4, -0.2) is 17.1 Å². The number of aryl methyl sites for hydroxylation is 2. The molecular formula is C14H19N3OS. The molecule has 0 aliphatic rings. The molecule has 0 fully saturated rings. The fraction of sp³-hybridized carbons (Fsp3) is 0.429. The van der Waals surface area contributed by atoms with E-state index >= 15 is 0 Å². The molecule has 0 saturated heterocycles. The van der Waals surface area contributed by atoms with Crippen molar-refractivity contribution in [2.24, 2.45) is 0 Å². The van der Waals surface area contributed by atoms with E-state index in [0.29, 0.717) is 5.88 Å². The molecule has 1 N–H and O–H groups in total. The molecule has 2 heterocycles. The molecule has 5 heteroatoms. The van der Waals surface area contributed by atoms with Crippen molar-refractivity contribution in [2.45, 2.75) is 33.7 Å². The van der Waals surface area contributed by atoms with Crippen LogP contribution in [0.5, 0.6) is 5.88 Å². The van der Waals surface area contributed by atoms with Crippen molar-refractivity contribution in [3.05, 3.63) is 33.3 Å². The van der Waals surface area contributed by atoms with Crippen LogP contribution in [0, 0.1) is 20.8 Å². The third-order valence-corrected chi connectivity index (χ3v) is 4.11. The van der Waals surface area contributed by atoms with Gasteiger partial charge >= 0.3 is 0 Å². The van der Waals surface area contributed by atoms with Crippen molar-refractivity contribution in [3.8, 4) is 5.88 Å². The first kappa shape index (κ1) is 13.8. The molecular weight excluding hydrogens is 258 g/mol. The summed E-state index contributed by atoms with van der Waals surface area (Å²) in [7, 11) is 1.62. The molecule has 2 aromatic rings. The van der Waals surface area contributed by atoms with Gasteiger partial charge in [-0.3, -0.25) is 0 Å². The van der Waals surface area contributed by atoms with E-state index < -0.39 is 0 Å². The Balaban J connectivity index is 2.24. The Kier molecular flexibility index (Phi) is 4.04. The van der Waals surface area contributed by atoms with Crippen molar-refractivity contribution < 1.29 is 4.74 Å². The van der Waals surface area contributed by atoms with Gasteiger partial charge in [-0.2, -0.15) is 0 Å². The van der Waals surface area contributed by atoms with Gasteiger partial charge in [-0.05, 0) is 39.3 Å². The summed E-state index contributed by atoms with van der Waals surface area (Å²) in [6.45, 7) is 8.38. The van der Waals surface area contributed by atoms with Crippen LogP contribution >= 0.6 is 11.3 Å². The Bertz CT molecular complexity index is 580. The molecule has 0 aliphatic heterocycles. The average molecular weight is 277 g/mol. The summed E-state index contributed by atoms with van der Waals surface area (Å²) < 4.78 is 5.21. The molecule has 0 aromatic carbocycles. The number of nitrogens with one attached hydrogen (secondary N) is 1. The normalized spacial score (nSPS) is 12.3. The van der Waals surface area contributed by atoms with Gasteiger partial charge < -0.3 is 10.1 Å². The number of thiophene rings is 1. The predicted molar refractivity (Wildman–Crippen MR) is 79.2 cm³/mol. The van der Waals surface area contributed by atoms with Crippen molar-refractivity contribution >= 4 is 17.2 Å². The molecule has 2 rings (SSSR count). The van der Waals surface area contributed by atoms with Gasteiger partial charge in [0.25, 0.3) is 0 Å². The molecule has 19 heavy (non-hydrogen) atoms. The van der Waals surface area contributed by atoms with Gasteiger partial charge in [0.1, 0.15) is 12.1 Å². The summed E-state index contributed by atoms with van der Waals surface area (Å²) in [5.74, 6) is 1.44. The number of rotatable bonds is 4. The molecule has 1 unspecified atom stereocenters. The molecule has 0 spiro atoms. The smallest absolute Gasteiger partial charge is 0.221 e. The van der Waals surface area contributed by atoms with Gasteiger partial charge in [0, 0.05) is 9.75 Å². The van der Waals surface area contributed by atoms with Gasteiger partial charge in [-0.1, -0.05) is 0 Å². The Hall–Kier alpha value is -1.62. The van der Waals surface area contributed by atoms with Gasteiger partial charge in [0.15, 0.2) is 0 Å². The van der Waals surface area contributed by atoms with Gasteiger partial charge in [-0.25, -0.2) is 9.97 Å². The lowest BCUT2D eigenvalue weighted by Gasteiger charge is -2.16. The van der Waals surface area contributed by atoms with E-state index in [1.165, 1.54) is 21.6 Å². The maximum Gasteiger partial charge on any atom is 0.221 e. The summed E-state index contributed by atoms with van der Waals surface area (Å²) in [5.41, 5.74) is 2.25. The number of anilines is 1. The van der Waals surface area contributed by atoms with Crippen LogP contribution in [-0.2, 0) is 0 Å². The molecule has 102 valence electrons. The van der Waals surface area contributed by atoms with Gasteiger partial charge in [-0.15, -0.1) is 11.3 Å². The lowest BCUT2D eigenvalue weighted by Crippen LogP contribution is -2.10. The minimum atomic E-state index is 0.211.